The number of piperazine rings is 1. The predicted molar refractivity (Wildman–Crippen MR) is 90.6 cm³/mol. The van der Waals surface area contributed by atoms with Crippen LogP contribution in [0.2, 0.25) is 0 Å². The Balaban J connectivity index is 0.00000200. The first-order valence-corrected chi connectivity index (χ1v) is 8.66. The highest BCUT2D eigenvalue weighted by Gasteiger charge is 2.20. The van der Waals surface area contributed by atoms with Crippen LogP contribution >= 0.6 is 36.2 Å². The summed E-state index contributed by atoms with van der Waals surface area (Å²) >= 11 is 1.22. The Morgan fingerprint density at radius 1 is 1.29 bits per heavy atom. The third kappa shape index (κ3) is 5.97. The summed E-state index contributed by atoms with van der Waals surface area (Å²) in [4.78, 5) is 6.41. The number of hydrogen-bond acceptors (Lipinski definition) is 6. The monoisotopic (exact) mass is 376 g/mol. The Kier molecular flexibility index (Phi) is 9.26. The minimum atomic E-state index is -3.41. The van der Waals surface area contributed by atoms with E-state index in [0.717, 1.165) is 37.7 Å². The summed E-state index contributed by atoms with van der Waals surface area (Å²) in [5, 5.41) is 4.05. The molecule has 0 unspecified atom stereocenters. The van der Waals surface area contributed by atoms with E-state index in [-0.39, 0.29) is 24.8 Å². The third-order valence-electron chi connectivity index (χ3n) is 3.03. The van der Waals surface area contributed by atoms with E-state index in [1.165, 1.54) is 11.3 Å². The molecule has 1 aliphatic heterocycles. The summed E-state index contributed by atoms with van der Waals surface area (Å²) in [6.07, 6.45) is 0. The van der Waals surface area contributed by atoms with Gasteiger partial charge >= 0.3 is 0 Å². The van der Waals surface area contributed by atoms with E-state index < -0.39 is 10.0 Å². The summed E-state index contributed by atoms with van der Waals surface area (Å²) in [5.41, 5.74) is 0.581. The van der Waals surface area contributed by atoms with E-state index in [1.807, 2.05) is 6.92 Å². The van der Waals surface area contributed by atoms with Crippen LogP contribution in [0, 0.1) is 13.8 Å². The van der Waals surface area contributed by atoms with Gasteiger partial charge in [-0.1, -0.05) is 0 Å². The molecule has 0 amide bonds. The van der Waals surface area contributed by atoms with E-state index in [0.29, 0.717) is 16.4 Å². The minimum Gasteiger partial charge on any atom is -0.314 e. The first kappa shape index (κ1) is 21.0. The number of nitrogens with zero attached hydrogens (tertiary/aromatic N) is 2. The molecule has 124 valence electrons. The number of rotatable bonds is 5. The molecule has 1 fully saturated rings. The number of sulfonamides is 1. The van der Waals surface area contributed by atoms with Gasteiger partial charge in [0.05, 0.1) is 10.7 Å². The average Bonchev–Trinajstić information content (AvgIpc) is 2.70. The van der Waals surface area contributed by atoms with Gasteiger partial charge in [0.15, 0.2) is 4.21 Å². The van der Waals surface area contributed by atoms with Gasteiger partial charge in [-0.05, 0) is 13.8 Å². The number of aromatic nitrogens is 1. The Morgan fingerprint density at radius 2 is 1.90 bits per heavy atom. The molecule has 1 aromatic rings. The second kappa shape index (κ2) is 9.24. The van der Waals surface area contributed by atoms with Crippen molar-refractivity contribution in [3.05, 3.63) is 10.7 Å². The van der Waals surface area contributed by atoms with Crippen molar-refractivity contribution in [3.8, 4) is 0 Å². The first-order valence-electron chi connectivity index (χ1n) is 6.36. The predicted octanol–water partition coefficient (Wildman–Crippen LogP) is 0.787. The Hall–Kier alpha value is 0.0400. The molecule has 2 rings (SSSR count). The van der Waals surface area contributed by atoms with Gasteiger partial charge in [-0.15, -0.1) is 36.2 Å². The second-order valence-electron chi connectivity index (χ2n) is 4.60. The van der Waals surface area contributed by atoms with E-state index in [4.69, 9.17) is 0 Å². The molecule has 1 saturated heterocycles. The molecule has 0 bridgehead atoms. The molecule has 0 atom stereocenters. The molecule has 0 saturated carbocycles. The van der Waals surface area contributed by atoms with Crippen LogP contribution in [0.5, 0.6) is 0 Å². The van der Waals surface area contributed by atoms with Crippen LogP contribution in [-0.2, 0) is 10.0 Å². The molecule has 21 heavy (non-hydrogen) atoms. The van der Waals surface area contributed by atoms with Crippen LogP contribution in [0.1, 0.15) is 10.7 Å². The zero-order valence-electron chi connectivity index (χ0n) is 12.1. The third-order valence-corrected chi connectivity index (χ3v) is 6.18. The lowest BCUT2D eigenvalue weighted by Crippen LogP contribution is -2.46. The molecule has 2 heterocycles. The number of thiazole rings is 1. The SMILES string of the molecule is Cc1nc(C)c(S(=O)(=O)NCCN2CCNCC2)s1.Cl.Cl. The zero-order valence-corrected chi connectivity index (χ0v) is 15.4. The van der Waals surface area contributed by atoms with Crippen molar-refractivity contribution in [2.24, 2.45) is 0 Å². The maximum absolute atomic E-state index is 12.1. The molecule has 1 aromatic heterocycles. The highest BCUT2D eigenvalue weighted by Crippen LogP contribution is 2.22. The molecule has 0 aliphatic carbocycles. The summed E-state index contributed by atoms with van der Waals surface area (Å²) in [6.45, 7) is 8.63. The summed E-state index contributed by atoms with van der Waals surface area (Å²) in [5.74, 6) is 0. The van der Waals surface area contributed by atoms with Crippen molar-refractivity contribution in [1.29, 1.82) is 0 Å². The van der Waals surface area contributed by atoms with E-state index in [2.05, 4.69) is 19.9 Å². The normalized spacial score (nSPS) is 16.1. The number of aryl methyl sites for hydroxylation is 2. The van der Waals surface area contributed by atoms with Gasteiger partial charge in [-0.3, -0.25) is 4.90 Å². The average molecular weight is 377 g/mol. The van der Waals surface area contributed by atoms with Gasteiger partial charge in [-0.25, -0.2) is 18.1 Å². The van der Waals surface area contributed by atoms with Gasteiger partial charge in [0.1, 0.15) is 0 Å². The zero-order chi connectivity index (χ0) is 13.9. The maximum Gasteiger partial charge on any atom is 0.251 e. The van der Waals surface area contributed by atoms with Crippen LogP contribution in [0.15, 0.2) is 4.21 Å². The van der Waals surface area contributed by atoms with Crippen molar-refractivity contribution in [1.82, 2.24) is 19.9 Å². The topological polar surface area (TPSA) is 74.3 Å². The summed E-state index contributed by atoms with van der Waals surface area (Å²) < 4.78 is 27.3. The smallest absolute Gasteiger partial charge is 0.251 e. The Labute approximate surface area is 142 Å². The summed E-state index contributed by atoms with van der Waals surface area (Å²) in [6, 6.07) is 0. The lowest BCUT2D eigenvalue weighted by atomic mass is 10.3. The lowest BCUT2D eigenvalue weighted by Gasteiger charge is -2.26. The molecule has 0 spiro atoms. The second-order valence-corrected chi connectivity index (χ2v) is 7.76. The van der Waals surface area contributed by atoms with E-state index in [1.54, 1.807) is 6.92 Å². The lowest BCUT2D eigenvalue weighted by molar-refractivity contribution is 0.245. The van der Waals surface area contributed by atoms with Crippen LogP contribution in [0.25, 0.3) is 0 Å². The van der Waals surface area contributed by atoms with Crippen LogP contribution in [0.3, 0.4) is 0 Å². The van der Waals surface area contributed by atoms with Crippen molar-refractivity contribution in [3.63, 3.8) is 0 Å². The highest BCUT2D eigenvalue weighted by atomic mass is 35.5. The molecular weight excluding hydrogens is 355 g/mol. The van der Waals surface area contributed by atoms with Gasteiger partial charge in [0.2, 0.25) is 0 Å². The van der Waals surface area contributed by atoms with Gasteiger partial charge in [0, 0.05) is 39.3 Å². The quantitative estimate of drug-likeness (QED) is 0.794. The molecule has 1 aliphatic rings. The van der Waals surface area contributed by atoms with Crippen molar-refractivity contribution in [2.75, 3.05) is 39.3 Å². The molecule has 0 aromatic carbocycles. The van der Waals surface area contributed by atoms with Crippen molar-refractivity contribution >= 4 is 46.2 Å². The van der Waals surface area contributed by atoms with Crippen LogP contribution in [0.4, 0.5) is 0 Å². The number of halogens is 2. The molecular formula is C11H22Cl2N4O2S2. The van der Waals surface area contributed by atoms with Crippen molar-refractivity contribution < 1.29 is 8.42 Å². The molecule has 10 heteroatoms. The minimum absolute atomic E-state index is 0. The Morgan fingerprint density at radius 3 is 2.43 bits per heavy atom. The molecule has 6 nitrogen and oxygen atoms in total. The van der Waals surface area contributed by atoms with Gasteiger partial charge in [-0.2, -0.15) is 0 Å². The molecule has 0 radical (unpaired) electrons. The standard InChI is InChI=1S/C11H20N4O2S2.2ClH/c1-9-11(18-10(2)14-9)19(16,17)13-5-8-15-6-3-12-4-7-15;;/h12-13H,3-8H2,1-2H3;2*1H. The van der Waals surface area contributed by atoms with E-state index >= 15 is 0 Å². The first-order chi connectivity index (χ1) is 8.99. The van der Waals surface area contributed by atoms with E-state index in [9.17, 15) is 8.42 Å². The van der Waals surface area contributed by atoms with Gasteiger partial charge in [0.25, 0.3) is 10.0 Å². The van der Waals surface area contributed by atoms with Crippen LogP contribution in [-0.4, -0.2) is 57.6 Å². The number of nitrogens with one attached hydrogen (secondary N) is 2. The fourth-order valence-electron chi connectivity index (χ4n) is 2.10. The maximum atomic E-state index is 12.1. The molecule has 2 N–H and O–H groups in total. The highest BCUT2D eigenvalue weighted by molar-refractivity contribution is 7.91. The largest absolute Gasteiger partial charge is 0.314 e. The fourth-order valence-corrected chi connectivity index (χ4v) is 4.65. The number of hydrogen-bond donors (Lipinski definition) is 2. The van der Waals surface area contributed by atoms with Gasteiger partial charge < -0.3 is 5.32 Å². The van der Waals surface area contributed by atoms with Crippen molar-refractivity contribution in [2.45, 2.75) is 18.1 Å². The fraction of sp³-hybridized carbons (Fsp3) is 0.727. The Bertz CT molecular complexity index is 530. The van der Waals surface area contributed by atoms with Crippen LogP contribution < -0.4 is 10.0 Å². The summed E-state index contributed by atoms with van der Waals surface area (Å²) in [7, 11) is -3.41.